The Morgan fingerprint density at radius 1 is 1.03 bits per heavy atom. The van der Waals surface area contributed by atoms with Crippen LogP contribution in [0.25, 0.3) is 10.9 Å². The SMILES string of the molecule is CC[C@H](C(=O)Nc1ccc2ccn(Cc3ccc(C(=O)O)cc3OC)c2c1)c1ccccc1. The highest BCUT2D eigenvalue weighted by Crippen LogP contribution is 2.27. The number of rotatable bonds is 8. The van der Waals surface area contributed by atoms with Crippen molar-refractivity contribution < 1.29 is 19.4 Å². The second kappa shape index (κ2) is 9.61. The van der Waals surface area contributed by atoms with Gasteiger partial charge in [-0.25, -0.2) is 4.79 Å². The first kappa shape index (κ1) is 22.1. The molecule has 0 unspecified atom stereocenters. The highest BCUT2D eigenvalue weighted by atomic mass is 16.5. The lowest BCUT2D eigenvalue weighted by atomic mass is 9.95. The second-order valence-electron chi connectivity index (χ2n) is 7.91. The van der Waals surface area contributed by atoms with E-state index in [4.69, 9.17) is 4.74 Å². The Kier molecular flexibility index (Phi) is 6.45. The van der Waals surface area contributed by atoms with Gasteiger partial charge in [-0.2, -0.15) is 0 Å². The number of hydrogen-bond acceptors (Lipinski definition) is 3. The van der Waals surface area contributed by atoms with Crippen LogP contribution in [-0.4, -0.2) is 28.7 Å². The van der Waals surface area contributed by atoms with Gasteiger partial charge in [0.25, 0.3) is 0 Å². The van der Waals surface area contributed by atoms with Crippen molar-refractivity contribution in [3.05, 3.63) is 95.7 Å². The molecule has 0 saturated carbocycles. The summed E-state index contributed by atoms with van der Waals surface area (Å²) >= 11 is 0. The van der Waals surface area contributed by atoms with Crippen LogP contribution in [0.1, 0.15) is 40.7 Å². The molecular weight excluding hydrogens is 416 g/mol. The summed E-state index contributed by atoms with van der Waals surface area (Å²) in [5, 5.41) is 13.3. The molecule has 1 aromatic heterocycles. The van der Waals surface area contributed by atoms with E-state index < -0.39 is 5.97 Å². The van der Waals surface area contributed by atoms with E-state index in [2.05, 4.69) is 9.88 Å². The first-order valence-corrected chi connectivity index (χ1v) is 10.8. The number of carbonyl (C=O) groups excluding carboxylic acids is 1. The zero-order chi connectivity index (χ0) is 23.4. The Balaban J connectivity index is 1.59. The van der Waals surface area contributed by atoms with Gasteiger partial charge in [0.2, 0.25) is 5.91 Å². The Morgan fingerprint density at radius 2 is 1.82 bits per heavy atom. The summed E-state index contributed by atoms with van der Waals surface area (Å²) in [6, 6.07) is 22.5. The molecule has 0 bridgehead atoms. The predicted octanol–water partition coefficient (Wildman–Crippen LogP) is 5.53. The van der Waals surface area contributed by atoms with E-state index in [1.54, 1.807) is 12.1 Å². The van der Waals surface area contributed by atoms with Crippen LogP contribution in [0.2, 0.25) is 0 Å². The number of hydrogen-bond donors (Lipinski definition) is 2. The van der Waals surface area contributed by atoms with E-state index in [1.165, 1.54) is 13.2 Å². The van der Waals surface area contributed by atoms with Gasteiger partial charge in [-0.05, 0) is 47.7 Å². The zero-order valence-corrected chi connectivity index (χ0v) is 18.6. The molecule has 0 radical (unpaired) electrons. The van der Waals surface area contributed by atoms with Crippen LogP contribution >= 0.6 is 0 Å². The van der Waals surface area contributed by atoms with E-state index in [1.807, 2.05) is 67.7 Å². The van der Waals surface area contributed by atoms with Crippen molar-refractivity contribution in [3.63, 3.8) is 0 Å². The van der Waals surface area contributed by atoms with Gasteiger partial charge in [0.15, 0.2) is 0 Å². The molecule has 1 heterocycles. The standard InChI is InChI=1S/C27H26N2O4/c1-3-23(18-7-5-4-6-8-18)26(30)28-22-12-11-19-13-14-29(24(19)16-22)17-21-10-9-20(27(31)32)15-25(21)33-2/h4-16,23H,3,17H2,1-2H3,(H,28,30)(H,31,32)/t23-/m0/s1. The molecule has 4 aromatic rings. The van der Waals surface area contributed by atoms with Crippen LogP contribution in [0.5, 0.6) is 5.75 Å². The minimum atomic E-state index is -0.993. The third-order valence-corrected chi connectivity index (χ3v) is 5.84. The van der Waals surface area contributed by atoms with Crippen LogP contribution in [0.15, 0.2) is 79.0 Å². The number of anilines is 1. The number of fused-ring (bicyclic) bond motifs is 1. The monoisotopic (exact) mass is 442 g/mol. The number of carboxylic acids is 1. The Labute approximate surface area is 192 Å². The Hall–Kier alpha value is -4.06. The molecule has 6 nitrogen and oxygen atoms in total. The predicted molar refractivity (Wildman–Crippen MR) is 129 cm³/mol. The maximum absolute atomic E-state index is 13.0. The number of ether oxygens (including phenoxy) is 1. The number of carbonyl (C=O) groups is 2. The average molecular weight is 443 g/mol. The third-order valence-electron chi connectivity index (χ3n) is 5.84. The fraction of sp³-hybridized carbons (Fsp3) is 0.185. The molecule has 0 spiro atoms. The lowest BCUT2D eigenvalue weighted by Gasteiger charge is -2.16. The fourth-order valence-electron chi connectivity index (χ4n) is 4.08. The number of aromatic carboxylic acids is 1. The Morgan fingerprint density at radius 3 is 2.52 bits per heavy atom. The van der Waals surface area contributed by atoms with Gasteiger partial charge in [0.05, 0.1) is 30.7 Å². The summed E-state index contributed by atoms with van der Waals surface area (Å²) in [5.41, 5.74) is 3.74. The number of nitrogens with one attached hydrogen (secondary N) is 1. The summed E-state index contributed by atoms with van der Waals surface area (Å²) in [5.74, 6) is -0.722. The van der Waals surface area contributed by atoms with E-state index in [0.29, 0.717) is 18.7 Å². The van der Waals surface area contributed by atoms with Gasteiger partial charge < -0.3 is 19.7 Å². The molecule has 0 aliphatic heterocycles. The number of aromatic nitrogens is 1. The molecular formula is C27H26N2O4. The van der Waals surface area contributed by atoms with Crippen molar-refractivity contribution in [1.29, 1.82) is 0 Å². The third kappa shape index (κ3) is 4.75. The van der Waals surface area contributed by atoms with Crippen LogP contribution in [0.3, 0.4) is 0 Å². The summed E-state index contributed by atoms with van der Waals surface area (Å²) in [4.78, 5) is 24.2. The molecule has 168 valence electrons. The molecule has 3 aromatic carbocycles. The highest BCUT2D eigenvalue weighted by Gasteiger charge is 2.19. The summed E-state index contributed by atoms with van der Waals surface area (Å²) < 4.78 is 7.47. The second-order valence-corrected chi connectivity index (χ2v) is 7.91. The minimum Gasteiger partial charge on any atom is -0.496 e. The normalized spacial score (nSPS) is 11.8. The first-order chi connectivity index (χ1) is 16.0. The zero-order valence-electron chi connectivity index (χ0n) is 18.6. The van der Waals surface area contributed by atoms with Crippen molar-refractivity contribution in [3.8, 4) is 5.75 Å². The smallest absolute Gasteiger partial charge is 0.335 e. The molecule has 0 saturated heterocycles. The quantitative estimate of drug-likeness (QED) is 0.376. The van der Waals surface area contributed by atoms with E-state index >= 15 is 0 Å². The molecule has 1 atom stereocenters. The molecule has 0 aliphatic carbocycles. The Bertz CT molecular complexity index is 1290. The number of benzene rings is 3. The van der Waals surface area contributed by atoms with E-state index in [9.17, 15) is 14.7 Å². The number of methoxy groups -OCH3 is 1. The van der Waals surface area contributed by atoms with Crippen molar-refractivity contribution in [2.45, 2.75) is 25.8 Å². The molecule has 2 N–H and O–H groups in total. The topological polar surface area (TPSA) is 80.6 Å². The first-order valence-electron chi connectivity index (χ1n) is 10.8. The number of nitrogens with zero attached hydrogens (tertiary/aromatic N) is 1. The fourth-order valence-corrected chi connectivity index (χ4v) is 4.08. The lowest BCUT2D eigenvalue weighted by Crippen LogP contribution is -2.20. The van der Waals surface area contributed by atoms with Crippen molar-refractivity contribution >= 4 is 28.5 Å². The average Bonchev–Trinajstić information content (AvgIpc) is 3.22. The van der Waals surface area contributed by atoms with Gasteiger partial charge in [-0.3, -0.25) is 4.79 Å². The molecule has 33 heavy (non-hydrogen) atoms. The molecule has 4 rings (SSSR count). The van der Waals surface area contributed by atoms with Gasteiger partial charge in [-0.1, -0.05) is 49.4 Å². The van der Waals surface area contributed by atoms with Crippen LogP contribution in [0.4, 0.5) is 5.69 Å². The van der Waals surface area contributed by atoms with E-state index in [0.717, 1.165) is 27.7 Å². The van der Waals surface area contributed by atoms with Crippen molar-refractivity contribution in [1.82, 2.24) is 4.57 Å². The molecule has 0 aliphatic rings. The van der Waals surface area contributed by atoms with Crippen LogP contribution in [-0.2, 0) is 11.3 Å². The largest absolute Gasteiger partial charge is 0.496 e. The molecule has 1 amide bonds. The maximum atomic E-state index is 13.0. The van der Waals surface area contributed by atoms with Crippen LogP contribution in [0, 0.1) is 0 Å². The number of amides is 1. The van der Waals surface area contributed by atoms with Gasteiger partial charge in [0.1, 0.15) is 5.75 Å². The summed E-state index contributed by atoms with van der Waals surface area (Å²) in [6.07, 6.45) is 2.68. The van der Waals surface area contributed by atoms with Crippen molar-refractivity contribution in [2.24, 2.45) is 0 Å². The van der Waals surface area contributed by atoms with Gasteiger partial charge in [0, 0.05) is 17.4 Å². The number of carboxylic acid groups (broad SMARTS) is 1. The molecule has 6 heteroatoms. The van der Waals surface area contributed by atoms with Crippen LogP contribution < -0.4 is 10.1 Å². The molecule has 0 fully saturated rings. The maximum Gasteiger partial charge on any atom is 0.335 e. The van der Waals surface area contributed by atoms with Gasteiger partial charge in [-0.15, -0.1) is 0 Å². The van der Waals surface area contributed by atoms with Crippen molar-refractivity contribution in [2.75, 3.05) is 12.4 Å². The van der Waals surface area contributed by atoms with E-state index in [-0.39, 0.29) is 17.4 Å². The summed E-state index contributed by atoms with van der Waals surface area (Å²) in [6.45, 7) is 2.51. The minimum absolute atomic E-state index is 0.0351. The van der Waals surface area contributed by atoms with Gasteiger partial charge >= 0.3 is 5.97 Å². The lowest BCUT2D eigenvalue weighted by molar-refractivity contribution is -0.117. The highest BCUT2D eigenvalue weighted by molar-refractivity contribution is 5.97. The summed E-state index contributed by atoms with van der Waals surface area (Å²) in [7, 11) is 1.53.